The van der Waals surface area contributed by atoms with E-state index in [9.17, 15) is 0 Å². The third-order valence-electron chi connectivity index (χ3n) is 4.93. The molecule has 1 aromatic heterocycles. The van der Waals surface area contributed by atoms with Gasteiger partial charge in [-0.1, -0.05) is 36.8 Å². The summed E-state index contributed by atoms with van der Waals surface area (Å²) in [5.74, 6) is 1.69. The lowest BCUT2D eigenvalue weighted by atomic mass is 10.0. The fourth-order valence-corrected chi connectivity index (χ4v) is 3.40. The minimum atomic E-state index is 0.525. The second-order valence-corrected chi connectivity index (χ2v) is 6.71. The maximum Gasteiger partial charge on any atom is 0.191 e. The molecule has 1 unspecified atom stereocenters. The number of aliphatic imine (C=N–C) groups is 1. The third-order valence-corrected chi connectivity index (χ3v) is 4.93. The first kappa shape index (κ1) is 18.4. The molecule has 1 atom stereocenters. The number of benzene rings is 1. The second kappa shape index (κ2) is 9.33. The van der Waals surface area contributed by atoms with Crippen molar-refractivity contribution in [3.8, 4) is 0 Å². The monoisotopic (exact) mass is 355 g/mol. The molecular weight excluding hydrogens is 326 g/mol. The molecule has 1 fully saturated rings. The predicted octanol–water partition coefficient (Wildman–Crippen LogP) is 1.53. The minimum Gasteiger partial charge on any atom is -0.355 e. The van der Waals surface area contributed by atoms with Crippen LogP contribution in [-0.2, 0) is 20.1 Å². The number of nitrogens with one attached hydrogen (secondary N) is 2. The Morgan fingerprint density at radius 3 is 2.81 bits per heavy atom. The Hall–Kier alpha value is -2.41. The van der Waals surface area contributed by atoms with Gasteiger partial charge in [0.15, 0.2) is 5.96 Å². The largest absolute Gasteiger partial charge is 0.355 e. The maximum atomic E-state index is 4.33. The third kappa shape index (κ3) is 5.05. The van der Waals surface area contributed by atoms with Gasteiger partial charge in [0.05, 0.1) is 6.54 Å². The van der Waals surface area contributed by atoms with Crippen LogP contribution in [0.1, 0.15) is 30.7 Å². The van der Waals surface area contributed by atoms with Gasteiger partial charge in [0.2, 0.25) is 0 Å². The van der Waals surface area contributed by atoms with Gasteiger partial charge in [-0.25, -0.2) is 4.98 Å². The fourth-order valence-electron chi connectivity index (χ4n) is 3.40. The quantitative estimate of drug-likeness (QED) is 0.607. The molecule has 7 heteroatoms. The standard InChI is InChI=1S/C19H29N7/c1-20-19(22-13-18-23-15-24-25(18)2)21-12-17-10-6-7-11-26(17)14-16-8-4-3-5-9-16/h3-5,8-9,15,17H,6-7,10-14H2,1-2H3,(H2,20,21,22). The average molecular weight is 355 g/mol. The normalized spacial score (nSPS) is 18.7. The van der Waals surface area contributed by atoms with Gasteiger partial charge in [-0.3, -0.25) is 14.6 Å². The van der Waals surface area contributed by atoms with Gasteiger partial charge >= 0.3 is 0 Å². The number of hydrogen-bond donors (Lipinski definition) is 2. The van der Waals surface area contributed by atoms with E-state index in [1.165, 1.54) is 24.8 Å². The van der Waals surface area contributed by atoms with Gasteiger partial charge in [-0.05, 0) is 24.9 Å². The van der Waals surface area contributed by atoms with Crippen LogP contribution in [0, 0.1) is 0 Å². The van der Waals surface area contributed by atoms with E-state index in [1.54, 1.807) is 18.1 Å². The molecule has 1 aromatic carbocycles. The van der Waals surface area contributed by atoms with E-state index in [2.05, 4.69) is 60.9 Å². The van der Waals surface area contributed by atoms with Gasteiger partial charge in [-0.2, -0.15) is 5.10 Å². The van der Waals surface area contributed by atoms with E-state index in [4.69, 9.17) is 0 Å². The van der Waals surface area contributed by atoms with Crippen molar-refractivity contribution in [2.75, 3.05) is 20.1 Å². The van der Waals surface area contributed by atoms with Gasteiger partial charge in [0.1, 0.15) is 12.2 Å². The Kier molecular flexibility index (Phi) is 6.60. The van der Waals surface area contributed by atoms with Crippen LogP contribution in [0.2, 0.25) is 0 Å². The van der Waals surface area contributed by atoms with E-state index in [1.807, 2.05) is 7.05 Å². The van der Waals surface area contributed by atoms with Crippen LogP contribution in [0.15, 0.2) is 41.7 Å². The highest BCUT2D eigenvalue weighted by Gasteiger charge is 2.22. The summed E-state index contributed by atoms with van der Waals surface area (Å²) in [6.45, 7) is 3.67. The molecule has 1 saturated heterocycles. The molecule has 140 valence electrons. The van der Waals surface area contributed by atoms with Crippen molar-refractivity contribution < 1.29 is 0 Å². The summed E-state index contributed by atoms with van der Waals surface area (Å²) in [5, 5.41) is 10.9. The van der Waals surface area contributed by atoms with Crippen LogP contribution in [-0.4, -0.2) is 51.8 Å². The van der Waals surface area contributed by atoms with Crippen molar-refractivity contribution in [3.63, 3.8) is 0 Å². The number of hydrogen-bond acceptors (Lipinski definition) is 4. The number of aromatic nitrogens is 3. The molecule has 26 heavy (non-hydrogen) atoms. The van der Waals surface area contributed by atoms with Crippen LogP contribution in [0.3, 0.4) is 0 Å². The van der Waals surface area contributed by atoms with Gasteiger partial charge in [-0.15, -0.1) is 0 Å². The van der Waals surface area contributed by atoms with Crippen LogP contribution >= 0.6 is 0 Å². The molecule has 1 aliphatic rings. The summed E-state index contributed by atoms with van der Waals surface area (Å²) in [4.78, 5) is 11.1. The lowest BCUT2D eigenvalue weighted by Crippen LogP contribution is -2.48. The van der Waals surface area contributed by atoms with Crippen molar-refractivity contribution in [1.29, 1.82) is 0 Å². The molecule has 2 heterocycles. The summed E-state index contributed by atoms with van der Waals surface area (Å²) >= 11 is 0. The highest BCUT2D eigenvalue weighted by atomic mass is 15.3. The topological polar surface area (TPSA) is 70.4 Å². The Morgan fingerprint density at radius 1 is 1.23 bits per heavy atom. The molecule has 0 saturated carbocycles. The molecule has 7 nitrogen and oxygen atoms in total. The zero-order valence-corrected chi connectivity index (χ0v) is 15.7. The van der Waals surface area contributed by atoms with E-state index >= 15 is 0 Å². The van der Waals surface area contributed by atoms with Crippen LogP contribution < -0.4 is 10.6 Å². The molecule has 1 aliphatic heterocycles. The number of rotatable bonds is 6. The van der Waals surface area contributed by atoms with Crippen molar-refractivity contribution in [2.45, 2.75) is 38.4 Å². The first-order valence-corrected chi connectivity index (χ1v) is 9.31. The van der Waals surface area contributed by atoms with E-state index in [0.717, 1.165) is 31.4 Å². The Morgan fingerprint density at radius 2 is 2.08 bits per heavy atom. The molecule has 3 rings (SSSR count). The van der Waals surface area contributed by atoms with Crippen molar-refractivity contribution in [1.82, 2.24) is 30.3 Å². The zero-order chi connectivity index (χ0) is 18.2. The average Bonchev–Trinajstić information content (AvgIpc) is 3.09. The first-order valence-electron chi connectivity index (χ1n) is 9.31. The highest BCUT2D eigenvalue weighted by Crippen LogP contribution is 2.19. The molecule has 2 aromatic rings. The predicted molar refractivity (Wildman–Crippen MR) is 104 cm³/mol. The Bertz CT molecular complexity index is 695. The smallest absolute Gasteiger partial charge is 0.191 e. The molecule has 0 radical (unpaired) electrons. The summed E-state index contributed by atoms with van der Waals surface area (Å²) in [5.41, 5.74) is 1.38. The van der Waals surface area contributed by atoms with E-state index in [-0.39, 0.29) is 0 Å². The molecule has 0 amide bonds. The second-order valence-electron chi connectivity index (χ2n) is 6.71. The van der Waals surface area contributed by atoms with Crippen LogP contribution in [0.5, 0.6) is 0 Å². The summed E-state index contributed by atoms with van der Waals surface area (Å²) in [7, 11) is 3.69. The first-order chi connectivity index (χ1) is 12.8. The van der Waals surface area contributed by atoms with Crippen molar-refractivity contribution in [2.24, 2.45) is 12.0 Å². The lowest BCUT2D eigenvalue weighted by Gasteiger charge is -2.36. The summed E-state index contributed by atoms with van der Waals surface area (Å²) < 4.78 is 1.77. The number of nitrogens with zero attached hydrogens (tertiary/aromatic N) is 5. The lowest BCUT2D eigenvalue weighted by molar-refractivity contribution is 0.141. The maximum absolute atomic E-state index is 4.33. The zero-order valence-electron chi connectivity index (χ0n) is 15.7. The van der Waals surface area contributed by atoms with E-state index in [0.29, 0.717) is 12.6 Å². The number of piperidine rings is 1. The SMILES string of the molecule is CN=C(NCc1ncnn1C)NCC1CCCCN1Cc1ccccc1. The van der Waals surface area contributed by atoms with Crippen LogP contribution in [0.4, 0.5) is 0 Å². The Labute approximate surface area is 155 Å². The molecule has 0 aliphatic carbocycles. The van der Waals surface area contributed by atoms with Gasteiger partial charge < -0.3 is 10.6 Å². The number of guanidine groups is 1. The number of aryl methyl sites for hydroxylation is 1. The molecule has 0 spiro atoms. The van der Waals surface area contributed by atoms with Gasteiger partial charge in [0, 0.05) is 33.2 Å². The number of likely N-dealkylation sites (tertiary alicyclic amines) is 1. The van der Waals surface area contributed by atoms with Crippen LogP contribution in [0.25, 0.3) is 0 Å². The molecular formula is C19H29N7. The summed E-state index contributed by atoms with van der Waals surface area (Å²) in [6.07, 6.45) is 5.36. The Balaban J connectivity index is 1.51. The minimum absolute atomic E-state index is 0.525. The highest BCUT2D eigenvalue weighted by molar-refractivity contribution is 5.79. The molecule has 2 N–H and O–H groups in total. The molecule has 0 bridgehead atoms. The van der Waals surface area contributed by atoms with Crippen molar-refractivity contribution >= 4 is 5.96 Å². The fraction of sp³-hybridized carbons (Fsp3) is 0.526. The summed E-state index contributed by atoms with van der Waals surface area (Å²) in [6, 6.07) is 11.2. The van der Waals surface area contributed by atoms with E-state index < -0.39 is 0 Å². The van der Waals surface area contributed by atoms with Gasteiger partial charge in [0.25, 0.3) is 0 Å². The van der Waals surface area contributed by atoms with Crippen molar-refractivity contribution in [3.05, 3.63) is 48.0 Å².